The lowest BCUT2D eigenvalue weighted by Gasteiger charge is -2.13. The summed E-state index contributed by atoms with van der Waals surface area (Å²) >= 11 is 1.84. The zero-order valence-electron chi connectivity index (χ0n) is 25.8. The first-order valence-electron chi connectivity index (χ1n) is 16.4. The number of oxazole rings is 1. The SMILES string of the molecule is C1=CCC(c2cc3sc4ccccc4c3c3nc(-n4c5ccccc5c5cc6c(cc54)c4ccccc4n6-c4ccccc4)oc23)C=C1. The molecule has 1 aliphatic rings. The van der Waals surface area contributed by atoms with Crippen molar-refractivity contribution in [1.29, 1.82) is 0 Å². The van der Waals surface area contributed by atoms with Gasteiger partial charge in [0, 0.05) is 58.9 Å². The van der Waals surface area contributed by atoms with E-state index < -0.39 is 0 Å². The Morgan fingerprint density at radius 2 is 1.27 bits per heavy atom. The lowest BCUT2D eigenvalue weighted by Crippen LogP contribution is -1.96. The van der Waals surface area contributed by atoms with E-state index in [1.807, 2.05) is 11.3 Å². The van der Waals surface area contributed by atoms with Crippen molar-refractivity contribution >= 4 is 86.2 Å². The zero-order valence-corrected chi connectivity index (χ0v) is 26.6. The highest BCUT2D eigenvalue weighted by atomic mass is 32.1. The van der Waals surface area contributed by atoms with E-state index in [4.69, 9.17) is 9.40 Å². The molecule has 48 heavy (non-hydrogen) atoms. The Kier molecular flexibility index (Phi) is 5.35. The number of hydrogen-bond donors (Lipinski definition) is 0. The molecule has 0 aliphatic heterocycles. The first-order chi connectivity index (χ1) is 23.8. The standard InChI is InChI=1S/C43H27N3OS/c1-3-13-26(14-4-1)31-25-39-40(30-19-9-12-22-38(30)48-39)41-42(31)47-43(44-41)46-35-21-11-8-18-29(35)33-23-36-32(24-37(33)46)28-17-7-10-20-34(28)45(36)27-15-5-2-6-16-27/h1-13,15-26H,14H2. The van der Waals surface area contributed by atoms with Crippen LogP contribution in [0.25, 0.3) is 86.6 Å². The van der Waals surface area contributed by atoms with Gasteiger partial charge in [0.25, 0.3) is 0 Å². The van der Waals surface area contributed by atoms with Gasteiger partial charge in [-0.05, 0) is 55.0 Å². The number of para-hydroxylation sites is 3. The van der Waals surface area contributed by atoms with Crippen LogP contribution in [0, 0.1) is 0 Å². The fourth-order valence-electron chi connectivity index (χ4n) is 7.97. The van der Waals surface area contributed by atoms with Crippen molar-refractivity contribution in [3.63, 3.8) is 0 Å². The van der Waals surface area contributed by atoms with E-state index in [-0.39, 0.29) is 5.92 Å². The monoisotopic (exact) mass is 633 g/mol. The summed E-state index contributed by atoms with van der Waals surface area (Å²) in [5.74, 6) is 0.231. The van der Waals surface area contributed by atoms with Crippen LogP contribution < -0.4 is 0 Å². The molecule has 0 amide bonds. The van der Waals surface area contributed by atoms with Gasteiger partial charge in [-0.15, -0.1) is 11.3 Å². The highest BCUT2D eigenvalue weighted by Gasteiger charge is 2.25. The molecule has 0 saturated heterocycles. The average Bonchev–Trinajstić information content (AvgIpc) is 3.90. The quantitative estimate of drug-likeness (QED) is 0.194. The van der Waals surface area contributed by atoms with Gasteiger partial charge in [-0.1, -0.05) is 97.1 Å². The highest BCUT2D eigenvalue weighted by Crippen LogP contribution is 2.45. The van der Waals surface area contributed by atoms with Crippen molar-refractivity contribution < 1.29 is 4.42 Å². The van der Waals surface area contributed by atoms with E-state index in [0.717, 1.165) is 34.2 Å². The predicted molar refractivity (Wildman–Crippen MR) is 201 cm³/mol. The highest BCUT2D eigenvalue weighted by molar-refractivity contribution is 7.26. The normalized spacial score (nSPS) is 15.0. The molecule has 11 rings (SSSR count). The molecular weight excluding hydrogens is 607 g/mol. The Morgan fingerprint density at radius 3 is 2.02 bits per heavy atom. The molecule has 0 N–H and O–H groups in total. The molecule has 1 unspecified atom stereocenters. The van der Waals surface area contributed by atoms with Gasteiger partial charge in [0.05, 0.1) is 22.1 Å². The summed E-state index contributed by atoms with van der Waals surface area (Å²) in [5, 5.41) is 7.17. The summed E-state index contributed by atoms with van der Waals surface area (Å²) in [5.41, 5.74) is 8.69. The van der Waals surface area contributed by atoms with Gasteiger partial charge in [-0.25, -0.2) is 0 Å². The minimum atomic E-state index is 0.231. The van der Waals surface area contributed by atoms with E-state index in [0.29, 0.717) is 6.01 Å². The molecule has 10 aromatic rings. The molecule has 1 aliphatic carbocycles. The van der Waals surface area contributed by atoms with E-state index in [2.05, 4.69) is 155 Å². The molecule has 4 aromatic heterocycles. The molecule has 5 heteroatoms. The zero-order chi connectivity index (χ0) is 31.3. The number of aromatic nitrogens is 3. The van der Waals surface area contributed by atoms with Crippen molar-refractivity contribution in [2.24, 2.45) is 0 Å². The Morgan fingerprint density at radius 1 is 0.604 bits per heavy atom. The van der Waals surface area contributed by atoms with Crippen LogP contribution in [-0.4, -0.2) is 14.1 Å². The van der Waals surface area contributed by atoms with Crippen LogP contribution in [0.1, 0.15) is 17.9 Å². The van der Waals surface area contributed by atoms with E-state index in [1.54, 1.807) is 0 Å². The third-order valence-electron chi connectivity index (χ3n) is 10.1. The van der Waals surface area contributed by atoms with Crippen molar-refractivity contribution in [2.75, 3.05) is 0 Å². The molecule has 0 saturated carbocycles. The summed E-state index contributed by atoms with van der Waals surface area (Å²) < 4.78 is 14.1. The third kappa shape index (κ3) is 3.56. The van der Waals surface area contributed by atoms with Crippen LogP contribution in [-0.2, 0) is 0 Å². The predicted octanol–water partition coefficient (Wildman–Crippen LogP) is 12.0. The van der Waals surface area contributed by atoms with Crippen LogP contribution >= 0.6 is 11.3 Å². The molecule has 0 bridgehead atoms. The fourth-order valence-corrected chi connectivity index (χ4v) is 9.12. The lowest BCUT2D eigenvalue weighted by molar-refractivity contribution is 0.569. The van der Waals surface area contributed by atoms with Gasteiger partial charge < -0.3 is 8.98 Å². The number of fused-ring (bicyclic) bond motifs is 11. The van der Waals surface area contributed by atoms with Crippen LogP contribution in [0.5, 0.6) is 0 Å². The second-order valence-corrected chi connectivity index (χ2v) is 13.8. The third-order valence-corrected chi connectivity index (χ3v) is 11.2. The first-order valence-corrected chi connectivity index (χ1v) is 17.2. The maximum atomic E-state index is 7.01. The molecule has 0 radical (unpaired) electrons. The number of thiophene rings is 1. The molecule has 4 nitrogen and oxygen atoms in total. The van der Waals surface area contributed by atoms with Crippen LogP contribution in [0.3, 0.4) is 0 Å². The van der Waals surface area contributed by atoms with Crippen molar-refractivity contribution in [3.05, 3.63) is 151 Å². The van der Waals surface area contributed by atoms with Gasteiger partial charge in [0.2, 0.25) is 0 Å². The number of benzene rings is 6. The maximum absolute atomic E-state index is 7.01. The van der Waals surface area contributed by atoms with Crippen LogP contribution in [0.2, 0.25) is 0 Å². The van der Waals surface area contributed by atoms with Gasteiger partial charge in [0.15, 0.2) is 5.58 Å². The van der Waals surface area contributed by atoms with Crippen molar-refractivity contribution in [3.8, 4) is 11.7 Å². The molecular formula is C43H27N3OS. The largest absolute Gasteiger partial charge is 0.423 e. The fraction of sp³-hybridized carbons (Fsp3) is 0.0465. The van der Waals surface area contributed by atoms with Crippen molar-refractivity contribution in [1.82, 2.24) is 14.1 Å². The second kappa shape index (κ2) is 9.80. The molecule has 6 aromatic carbocycles. The summed E-state index contributed by atoms with van der Waals surface area (Å²) in [6, 6.07) is 44.3. The summed E-state index contributed by atoms with van der Waals surface area (Å²) in [6.07, 6.45) is 9.75. The summed E-state index contributed by atoms with van der Waals surface area (Å²) in [7, 11) is 0. The van der Waals surface area contributed by atoms with E-state index in [9.17, 15) is 0 Å². The Balaban J connectivity index is 1.26. The number of rotatable bonds is 3. The molecule has 0 spiro atoms. The molecule has 1 atom stereocenters. The lowest BCUT2D eigenvalue weighted by atomic mass is 9.91. The molecule has 226 valence electrons. The average molecular weight is 634 g/mol. The van der Waals surface area contributed by atoms with Gasteiger partial charge in [-0.2, -0.15) is 4.98 Å². The number of nitrogens with zero attached hydrogens (tertiary/aromatic N) is 3. The summed E-state index contributed by atoms with van der Waals surface area (Å²) in [4.78, 5) is 5.41. The minimum Gasteiger partial charge on any atom is -0.423 e. The van der Waals surface area contributed by atoms with E-state index in [1.165, 1.54) is 58.3 Å². The smallest absolute Gasteiger partial charge is 0.307 e. The van der Waals surface area contributed by atoms with E-state index >= 15 is 0 Å². The maximum Gasteiger partial charge on any atom is 0.307 e. The molecule has 4 heterocycles. The van der Waals surface area contributed by atoms with Crippen molar-refractivity contribution in [2.45, 2.75) is 12.3 Å². The Hall–Kier alpha value is -5.91. The number of hydrogen-bond acceptors (Lipinski definition) is 3. The summed E-state index contributed by atoms with van der Waals surface area (Å²) in [6.45, 7) is 0. The Bertz CT molecular complexity index is 2990. The Labute approximate surface area is 279 Å². The first kappa shape index (κ1) is 26.2. The topological polar surface area (TPSA) is 35.9 Å². The minimum absolute atomic E-state index is 0.231. The van der Waals surface area contributed by atoms with Gasteiger partial charge >= 0.3 is 6.01 Å². The van der Waals surface area contributed by atoms with Gasteiger partial charge in [0.1, 0.15) is 5.52 Å². The second-order valence-electron chi connectivity index (χ2n) is 12.7. The molecule has 0 fully saturated rings. The van der Waals surface area contributed by atoms with Gasteiger partial charge in [-0.3, -0.25) is 4.57 Å². The van der Waals surface area contributed by atoms with Crippen LogP contribution in [0.15, 0.2) is 150 Å². The van der Waals surface area contributed by atoms with Crippen LogP contribution in [0.4, 0.5) is 0 Å². The number of allylic oxidation sites excluding steroid dienone is 4.